The fourth-order valence-electron chi connectivity index (χ4n) is 1.36. The van der Waals surface area contributed by atoms with E-state index in [1.54, 1.807) is 0 Å². The van der Waals surface area contributed by atoms with Crippen molar-refractivity contribution < 1.29 is 10.2 Å². The number of hydrogen-bond donors (Lipinski definition) is 2. The highest BCUT2D eigenvalue weighted by Crippen LogP contribution is 2.54. The average molecular weight is 457 g/mol. The van der Waals surface area contributed by atoms with Crippen molar-refractivity contribution in [2.45, 2.75) is 9.79 Å². The Morgan fingerprint density at radius 1 is 0.591 bits per heavy atom. The Bertz CT molecular complexity index is 637. The third-order valence-electron chi connectivity index (χ3n) is 2.42. The summed E-state index contributed by atoms with van der Waals surface area (Å²) in [6.07, 6.45) is 0. The number of phenolic OH excluding ortho intramolecular Hbond substituents is 2. The quantitative estimate of drug-likeness (QED) is 0.365. The second-order valence-corrected chi connectivity index (χ2v) is 8.37. The van der Waals surface area contributed by atoms with E-state index in [1.165, 1.54) is 12.1 Å². The maximum Gasteiger partial charge on any atom is 0.150 e. The molecule has 0 bridgehead atoms. The van der Waals surface area contributed by atoms with Gasteiger partial charge in [0.05, 0.1) is 39.9 Å². The Morgan fingerprint density at radius 2 is 0.909 bits per heavy atom. The first kappa shape index (κ1) is 18.8. The van der Waals surface area contributed by atoms with Crippen molar-refractivity contribution in [2.24, 2.45) is 0 Å². The number of phenols is 2. The van der Waals surface area contributed by atoms with E-state index >= 15 is 0 Å². The van der Waals surface area contributed by atoms with Gasteiger partial charge in [-0.05, 0) is 33.7 Å². The van der Waals surface area contributed by atoms with Gasteiger partial charge in [-0.3, -0.25) is 0 Å². The average Bonchev–Trinajstić information content (AvgIpc) is 2.46. The van der Waals surface area contributed by atoms with Gasteiger partial charge in [-0.15, -0.1) is 0 Å². The van der Waals surface area contributed by atoms with E-state index in [9.17, 15) is 10.2 Å². The number of halogens is 6. The van der Waals surface area contributed by atoms with Crippen LogP contribution in [-0.2, 0) is 0 Å². The van der Waals surface area contributed by atoms with E-state index in [4.69, 9.17) is 69.6 Å². The summed E-state index contributed by atoms with van der Waals surface area (Å²) in [6.45, 7) is 0. The van der Waals surface area contributed by atoms with Crippen molar-refractivity contribution in [1.29, 1.82) is 0 Å². The SMILES string of the molecule is Oc1c(Cl)cc(Cl)c(Cl)c1SSc1c(O)c(Cl)cc(Cl)c1Cl. The summed E-state index contributed by atoms with van der Waals surface area (Å²) >= 11 is 35.6. The molecule has 2 aromatic carbocycles. The molecule has 0 aliphatic rings. The summed E-state index contributed by atoms with van der Waals surface area (Å²) in [5, 5.41) is 20.7. The molecule has 0 aliphatic heterocycles. The van der Waals surface area contributed by atoms with Crippen molar-refractivity contribution in [3.8, 4) is 11.5 Å². The highest BCUT2D eigenvalue weighted by Gasteiger charge is 2.20. The highest BCUT2D eigenvalue weighted by molar-refractivity contribution is 8.76. The zero-order valence-electron chi connectivity index (χ0n) is 10.1. The number of benzene rings is 2. The van der Waals surface area contributed by atoms with Gasteiger partial charge in [-0.2, -0.15) is 0 Å². The van der Waals surface area contributed by atoms with Gasteiger partial charge in [0.25, 0.3) is 0 Å². The summed E-state index contributed by atoms with van der Waals surface area (Å²) in [4.78, 5) is 0.464. The molecule has 0 heterocycles. The van der Waals surface area contributed by atoms with E-state index in [1.807, 2.05) is 0 Å². The van der Waals surface area contributed by atoms with Gasteiger partial charge in [0, 0.05) is 0 Å². The first-order valence-corrected chi connectivity index (χ1v) is 9.73. The summed E-state index contributed by atoms with van der Waals surface area (Å²) in [7, 11) is 2.01. The predicted molar refractivity (Wildman–Crippen MR) is 98.0 cm³/mol. The van der Waals surface area contributed by atoms with E-state index in [0.717, 1.165) is 21.6 Å². The van der Waals surface area contributed by atoms with Crippen LogP contribution in [0.2, 0.25) is 30.1 Å². The molecule has 0 amide bonds. The third kappa shape index (κ3) is 3.76. The van der Waals surface area contributed by atoms with E-state index in [2.05, 4.69) is 0 Å². The van der Waals surface area contributed by atoms with Crippen LogP contribution in [0.3, 0.4) is 0 Å². The van der Waals surface area contributed by atoms with E-state index in [0.29, 0.717) is 0 Å². The van der Waals surface area contributed by atoms with Crippen LogP contribution >= 0.6 is 91.2 Å². The monoisotopic (exact) mass is 454 g/mol. The van der Waals surface area contributed by atoms with Crippen LogP contribution in [0.1, 0.15) is 0 Å². The largest absolute Gasteiger partial charge is 0.505 e. The van der Waals surface area contributed by atoms with Crippen molar-refractivity contribution >= 4 is 91.2 Å². The smallest absolute Gasteiger partial charge is 0.150 e. The summed E-state index contributed by atoms with van der Waals surface area (Å²) in [5.41, 5.74) is 0. The molecule has 0 unspecified atom stereocenters. The Hall–Kier alpha value is 0.480. The number of rotatable bonds is 3. The first-order valence-electron chi connectivity index (χ1n) is 5.31. The van der Waals surface area contributed by atoms with Crippen LogP contribution in [-0.4, -0.2) is 10.2 Å². The molecule has 0 atom stereocenters. The second kappa shape index (κ2) is 7.58. The number of hydrogen-bond acceptors (Lipinski definition) is 4. The van der Waals surface area contributed by atoms with E-state index < -0.39 is 0 Å². The van der Waals surface area contributed by atoms with Gasteiger partial charge in [0.15, 0.2) is 0 Å². The minimum absolute atomic E-state index is 0.0527. The van der Waals surface area contributed by atoms with E-state index in [-0.39, 0.29) is 51.4 Å². The lowest BCUT2D eigenvalue weighted by molar-refractivity contribution is 0.462. The van der Waals surface area contributed by atoms with Crippen molar-refractivity contribution in [2.75, 3.05) is 0 Å². The fourth-order valence-corrected chi connectivity index (χ4v) is 5.69. The molecule has 0 spiro atoms. The summed E-state index contributed by atoms with van der Waals surface area (Å²) < 4.78 is 0. The van der Waals surface area contributed by atoms with Crippen LogP contribution in [0, 0.1) is 0 Å². The summed E-state index contributed by atoms with van der Waals surface area (Å²) in [5.74, 6) is -0.449. The highest BCUT2D eigenvalue weighted by atomic mass is 35.5. The molecule has 2 N–H and O–H groups in total. The normalized spacial score (nSPS) is 11.0. The van der Waals surface area contributed by atoms with Crippen molar-refractivity contribution in [3.05, 3.63) is 42.3 Å². The van der Waals surface area contributed by atoms with Gasteiger partial charge in [-0.25, -0.2) is 0 Å². The fraction of sp³-hybridized carbons (Fsp3) is 0. The summed E-state index contributed by atoms with van der Waals surface area (Å²) in [6, 6.07) is 2.66. The molecule has 0 saturated carbocycles. The molecule has 2 nitrogen and oxygen atoms in total. The molecular weight excluding hydrogens is 453 g/mol. The predicted octanol–water partition coefficient (Wildman–Crippen LogP) is 7.82. The zero-order valence-corrected chi connectivity index (χ0v) is 16.3. The second-order valence-electron chi connectivity index (χ2n) is 3.83. The van der Waals surface area contributed by atoms with Crippen molar-refractivity contribution in [3.63, 3.8) is 0 Å². The minimum Gasteiger partial charge on any atom is -0.505 e. The minimum atomic E-state index is -0.225. The van der Waals surface area contributed by atoms with Gasteiger partial charge in [0.1, 0.15) is 11.5 Å². The molecule has 118 valence electrons. The molecular formula is C12H4Cl6O2S2. The molecule has 0 aromatic heterocycles. The van der Waals surface area contributed by atoms with Gasteiger partial charge in [0.2, 0.25) is 0 Å². The molecule has 0 aliphatic carbocycles. The lowest BCUT2D eigenvalue weighted by Crippen LogP contribution is -1.81. The Morgan fingerprint density at radius 3 is 1.23 bits per heavy atom. The standard InChI is InChI=1S/C12H4Cl6O2S2/c13-3-1-5(15)9(19)11(7(3)17)21-22-12-8(18)4(14)2-6(16)10(12)20/h1-2,19-20H. The Kier molecular flexibility index (Phi) is 6.48. The maximum absolute atomic E-state index is 9.97. The first-order chi connectivity index (χ1) is 10.2. The van der Waals surface area contributed by atoms with Crippen molar-refractivity contribution in [1.82, 2.24) is 0 Å². The van der Waals surface area contributed by atoms with Crippen LogP contribution in [0.15, 0.2) is 21.9 Å². The molecule has 0 fully saturated rings. The zero-order chi connectivity index (χ0) is 16.6. The van der Waals surface area contributed by atoms with Crippen LogP contribution in [0.4, 0.5) is 0 Å². The maximum atomic E-state index is 9.97. The molecule has 0 radical (unpaired) electrons. The third-order valence-corrected chi connectivity index (χ3v) is 7.25. The van der Waals surface area contributed by atoms with Gasteiger partial charge in [-0.1, -0.05) is 69.6 Å². The lowest BCUT2D eigenvalue weighted by Gasteiger charge is -2.12. The Balaban J connectivity index is 2.40. The topological polar surface area (TPSA) is 40.5 Å². The van der Waals surface area contributed by atoms with Gasteiger partial charge >= 0.3 is 0 Å². The molecule has 2 aromatic rings. The Labute approximate surface area is 164 Å². The molecule has 22 heavy (non-hydrogen) atoms. The molecule has 10 heteroatoms. The van der Waals surface area contributed by atoms with Gasteiger partial charge < -0.3 is 10.2 Å². The molecule has 0 saturated heterocycles. The van der Waals surface area contributed by atoms with Crippen LogP contribution in [0.25, 0.3) is 0 Å². The number of aromatic hydroxyl groups is 2. The van der Waals surface area contributed by atoms with Crippen LogP contribution in [0.5, 0.6) is 11.5 Å². The van der Waals surface area contributed by atoms with Crippen LogP contribution < -0.4 is 0 Å². The lowest BCUT2D eigenvalue weighted by atomic mass is 10.3. The molecule has 2 rings (SSSR count).